The van der Waals surface area contributed by atoms with Gasteiger partial charge in [0.25, 0.3) is 0 Å². The molecule has 0 bridgehead atoms. The van der Waals surface area contributed by atoms with Crippen molar-refractivity contribution in [3.8, 4) is 0 Å². The largest absolute Gasteiger partial charge is 0.373 e. The van der Waals surface area contributed by atoms with Crippen molar-refractivity contribution in [1.29, 1.82) is 0 Å². The highest BCUT2D eigenvalue weighted by molar-refractivity contribution is 7.81. The summed E-state index contributed by atoms with van der Waals surface area (Å²) >= 11 is 8.28. The summed E-state index contributed by atoms with van der Waals surface area (Å²) in [6.45, 7) is 0.890. The molecule has 1 fully saturated rings. The summed E-state index contributed by atoms with van der Waals surface area (Å²) in [5.41, 5.74) is 0.0340. The summed E-state index contributed by atoms with van der Waals surface area (Å²) in [5.74, 6) is 1.60. The first-order valence-electron chi connectivity index (χ1n) is 2.69. The molecule has 0 N–H and O–H groups in total. The van der Waals surface area contributed by atoms with Crippen LogP contribution in [0, 0.1) is 0 Å². The predicted molar refractivity (Wildman–Crippen MR) is 41.0 cm³/mol. The normalized spacial score (nSPS) is 24.8. The fraction of sp³-hybridized carbons (Fsp3) is 1.00. The first-order chi connectivity index (χ1) is 3.83. The van der Waals surface area contributed by atoms with Crippen molar-refractivity contribution in [2.45, 2.75) is 12.0 Å². The molecule has 0 spiro atoms. The standard InChI is InChI=1S/C5H10OS2/c7-3-5(4-8)1-2-6-5/h7-8H,1-4H2. The number of ether oxygens (including phenoxy) is 1. The second kappa shape index (κ2) is 2.50. The van der Waals surface area contributed by atoms with Crippen LogP contribution in [0.3, 0.4) is 0 Å². The highest BCUT2D eigenvalue weighted by atomic mass is 32.1. The molecule has 3 heteroatoms. The summed E-state index contributed by atoms with van der Waals surface area (Å²) in [6.07, 6.45) is 1.12. The van der Waals surface area contributed by atoms with Crippen molar-refractivity contribution >= 4 is 25.3 Å². The maximum Gasteiger partial charge on any atom is 0.0879 e. The zero-order valence-electron chi connectivity index (χ0n) is 4.63. The third-order valence-electron chi connectivity index (χ3n) is 1.54. The Hall–Kier alpha value is 0.660. The highest BCUT2D eigenvalue weighted by Crippen LogP contribution is 2.28. The Morgan fingerprint density at radius 3 is 1.88 bits per heavy atom. The SMILES string of the molecule is SCC1(CS)CCO1. The van der Waals surface area contributed by atoms with Crippen molar-refractivity contribution < 1.29 is 4.74 Å². The van der Waals surface area contributed by atoms with Crippen molar-refractivity contribution in [2.24, 2.45) is 0 Å². The molecule has 1 aliphatic rings. The molecule has 0 saturated carbocycles. The molecule has 8 heavy (non-hydrogen) atoms. The third kappa shape index (κ3) is 0.993. The van der Waals surface area contributed by atoms with Gasteiger partial charge in [-0.1, -0.05) is 0 Å². The van der Waals surface area contributed by atoms with Crippen LogP contribution >= 0.6 is 25.3 Å². The van der Waals surface area contributed by atoms with Crippen LogP contribution in [0.15, 0.2) is 0 Å². The van der Waals surface area contributed by atoms with Crippen LogP contribution in [0.1, 0.15) is 6.42 Å². The van der Waals surface area contributed by atoms with Crippen LogP contribution < -0.4 is 0 Å². The molecule has 1 rings (SSSR count). The van der Waals surface area contributed by atoms with Gasteiger partial charge in [-0.2, -0.15) is 25.3 Å². The molecule has 0 unspecified atom stereocenters. The maximum atomic E-state index is 5.26. The Labute approximate surface area is 60.6 Å². The van der Waals surface area contributed by atoms with Gasteiger partial charge in [-0.15, -0.1) is 0 Å². The minimum absolute atomic E-state index is 0.0340. The lowest BCUT2D eigenvalue weighted by atomic mass is 10.0. The highest BCUT2D eigenvalue weighted by Gasteiger charge is 2.35. The van der Waals surface area contributed by atoms with Crippen molar-refractivity contribution in [1.82, 2.24) is 0 Å². The van der Waals surface area contributed by atoms with E-state index in [1.54, 1.807) is 0 Å². The second-order valence-corrected chi connectivity index (χ2v) is 2.73. The quantitative estimate of drug-likeness (QED) is 0.558. The third-order valence-corrected chi connectivity index (χ3v) is 2.69. The summed E-state index contributed by atoms with van der Waals surface area (Å²) in [5, 5.41) is 0. The van der Waals surface area contributed by atoms with Gasteiger partial charge in [-0.05, 0) is 0 Å². The van der Waals surface area contributed by atoms with Gasteiger partial charge in [0.1, 0.15) is 0 Å². The molecule has 0 atom stereocenters. The van der Waals surface area contributed by atoms with E-state index in [9.17, 15) is 0 Å². The van der Waals surface area contributed by atoms with E-state index in [4.69, 9.17) is 4.74 Å². The molecule has 0 radical (unpaired) electrons. The Balaban J connectivity index is 2.33. The molecule has 1 nitrogen and oxygen atoms in total. The number of hydrogen-bond acceptors (Lipinski definition) is 3. The molecular weight excluding hydrogens is 140 g/mol. The number of rotatable bonds is 2. The van der Waals surface area contributed by atoms with Crippen LogP contribution in [0.25, 0.3) is 0 Å². The molecule has 0 aromatic rings. The van der Waals surface area contributed by atoms with Crippen LogP contribution in [-0.2, 0) is 4.74 Å². The van der Waals surface area contributed by atoms with Crippen molar-refractivity contribution in [3.05, 3.63) is 0 Å². The number of hydrogen-bond donors (Lipinski definition) is 2. The van der Waals surface area contributed by atoms with E-state index in [-0.39, 0.29) is 5.60 Å². The van der Waals surface area contributed by atoms with Gasteiger partial charge in [-0.25, -0.2) is 0 Å². The zero-order valence-corrected chi connectivity index (χ0v) is 6.42. The topological polar surface area (TPSA) is 9.23 Å². The average molecular weight is 150 g/mol. The summed E-state index contributed by atoms with van der Waals surface area (Å²) in [4.78, 5) is 0. The molecule has 1 heterocycles. The fourth-order valence-electron chi connectivity index (χ4n) is 0.690. The van der Waals surface area contributed by atoms with Crippen LogP contribution in [0.4, 0.5) is 0 Å². The summed E-state index contributed by atoms with van der Waals surface area (Å²) < 4.78 is 5.26. The molecule has 48 valence electrons. The van der Waals surface area contributed by atoms with Gasteiger partial charge in [0.2, 0.25) is 0 Å². The van der Waals surface area contributed by atoms with Crippen LogP contribution in [0.2, 0.25) is 0 Å². The lowest BCUT2D eigenvalue weighted by molar-refractivity contribution is -0.112. The average Bonchev–Trinajstić information content (AvgIpc) is 1.67. The first kappa shape index (κ1) is 6.78. The van der Waals surface area contributed by atoms with E-state index in [1.807, 2.05) is 0 Å². The van der Waals surface area contributed by atoms with E-state index in [1.165, 1.54) is 0 Å². The minimum atomic E-state index is 0.0340. The van der Waals surface area contributed by atoms with Crippen molar-refractivity contribution in [2.75, 3.05) is 18.1 Å². The maximum absolute atomic E-state index is 5.26. The van der Waals surface area contributed by atoms with Gasteiger partial charge < -0.3 is 4.74 Å². The Morgan fingerprint density at radius 1 is 1.38 bits per heavy atom. The predicted octanol–water partition coefficient (Wildman–Crippen LogP) is 1.01. The molecule has 0 aromatic carbocycles. The first-order valence-corrected chi connectivity index (χ1v) is 3.95. The van der Waals surface area contributed by atoms with Gasteiger partial charge in [-0.3, -0.25) is 0 Å². The molecule has 1 saturated heterocycles. The smallest absolute Gasteiger partial charge is 0.0879 e. The summed E-state index contributed by atoms with van der Waals surface area (Å²) in [6, 6.07) is 0. The zero-order chi connectivity index (χ0) is 6.04. The Morgan fingerprint density at radius 2 is 1.88 bits per heavy atom. The van der Waals surface area contributed by atoms with Gasteiger partial charge in [0, 0.05) is 17.9 Å². The minimum Gasteiger partial charge on any atom is -0.373 e. The van der Waals surface area contributed by atoms with Crippen LogP contribution in [0.5, 0.6) is 0 Å². The Bertz CT molecular complexity index is 67.0. The Kier molecular flexibility index (Phi) is 2.12. The van der Waals surface area contributed by atoms with E-state index in [2.05, 4.69) is 25.3 Å². The molecule has 1 aliphatic heterocycles. The lowest BCUT2D eigenvalue weighted by Gasteiger charge is -2.39. The van der Waals surface area contributed by atoms with Crippen molar-refractivity contribution in [3.63, 3.8) is 0 Å². The van der Waals surface area contributed by atoms with E-state index >= 15 is 0 Å². The second-order valence-electron chi connectivity index (χ2n) is 2.10. The number of thiol groups is 2. The summed E-state index contributed by atoms with van der Waals surface area (Å²) in [7, 11) is 0. The van der Waals surface area contributed by atoms with Gasteiger partial charge >= 0.3 is 0 Å². The molecular formula is C5H10OS2. The van der Waals surface area contributed by atoms with Crippen LogP contribution in [-0.4, -0.2) is 23.7 Å². The monoisotopic (exact) mass is 150 g/mol. The van der Waals surface area contributed by atoms with E-state index in [0.717, 1.165) is 24.5 Å². The lowest BCUT2D eigenvalue weighted by Crippen LogP contribution is -2.47. The molecule has 0 aliphatic carbocycles. The van der Waals surface area contributed by atoms with E-state index < -0.39 is 0 Å². The fourth-order valence-corrected chi connectivity index (χ4v) is 1.59. The molecule has 0 amide bonds. The van der Waals surface area contributed by atoms with Gasteiger partial charge in [0.05, 0.1) is 12.2 Å². The molecule has 0 aromatic heterocycles. The van der Waals surface area contributed by atoms with Gasteiger partial charge in [0.15, 0.2) is 0 Å². The van der Waals surface area contributed by atoms with E-state index in [0.29, 0.717) is 0 Å².